The lowest BCUT2D eigenvalue weighted by molar-refractivity contribution is 0.153. The van der Waals surface area contributed by atoms with Crippen molar-refractivity contribution < 1.29 is 17.9 Å². The molecule has 0 fully saturated rings. The van der Waals surface area contributed by atoms with E-state index in [0.717, 1.165) is 0 Å². The van der Waals surface area contributed by atoms with Gasteiger partial charge in [0.15, 0.2) is 5.96 Å². The minimum atomic E-state index is -2.95. The quantitative estimate of drug-likeness (QED) is 0.233. The van der Waals surface area contributed by atoms with Gasteiger partial charge in [-0.2, -0.15) is 0 Å². The second kappa shape index (κ2) is 12.6. The number of methoxy groups -OCH3 is 1. The molecule has 7 nitrogen and oxygen atoms in total. The van der Waals surface area contributed by atoms with Crippen LogP contribution in [0, 0.1) is 0 Å². The number of hydrogen-bond acceptors (Lipinski definition) is 5. The average Bonchev–Trinajstić information content (AvgIpc) is 2.31. The van der Waals surface area contributed by atoms with Crippen molar-refractivity contribution in [3.63, 3.8) is 0 Å². The predicted octanol–water partition coefficient (Wildman–Crippen LogP) is -0.134. The molecule has 0 aromatic rings. The Balaban J connectivity index is 0. The van der Waals surface area contributed by atoms with E-state index in [-0.39, 0.29) is 42.4 Å². The summed E-state index contributed by atoms with van der Waals surface area (Å²) in [4.78, 5) is 4.05. The molecule has 0 heterocycles. The first-order chi connectivity index (χ1) is 8.89. The van der Waals surface area contributed by atoms with E-state index in [4.69, 9.17) is 9.47 Å². The van der Waals surface area contributed by atoms with Crippen LogP contribution in [-0.4, -0.2) is 73.0 Å². The first-order valence-electron chi connectivity index (χ1n) is 6.10. The molecular formula is C11H26IN3O4S. The van der Waals surface area contributed by atoms with E-state index < -0.39 is 9.84 Å². The molecule has 0 spiro atoms. The molecule has 0 saturated carbocycles. The molecule has 0 aromatic carbocycles. The topological polar surface area (TPSA) is 89.0 Å². The van der Waals surface area contributed by atoms with Crippen LogP contribution in [0.2, 0.25) is 0 Å². The Labute approximate surface area is 138 Å². The van der Waals surface area contributed by atoms with Crippen LogP contribution in [0.4, 0.5) is 0 Å². The predicted molar refractivity (Wildman–Crippen MR) is 91.8 cm³/mol. The number of hydrogen-bond donors (Lipinski definition) is 2. The van der Waals surface area contributed by atoms with Crippen molar-refractivity contribution in [3.05, 3.63) is 0 Å². The van der Waals surface area contributed by atoms with Crippen LogP contribution in [-0.2, 0) is 19.3 Å². The minimum absolute atomic E-state index is 0. The molecule has 0 radical (unpaired) electrons. The van der Waals surface area contributed by atoms with Crippen LogP contribution < -0.4 is 10.6 Å². The van der Waals surface area contributed by atoms with Crippen molar-refractivity contribution >= 4 is 39.8 Å². The normalized spacial score (nSPS) is 13.5. The SMILES string of the molecule is CN=C(NCCOCCS(C)(=O)=O)NC(C)COC.I. The molecule has 0 rings (SSSR count). The number of nitrogens with one attached hydrogen (secondary N) is 2. The highest BCUT2D eigenvalue weighted by molar-refractivity contribution is 14.0. The zero-order chi connectivity index (χ0) is 14.7. The van der Waals surface area contributed by atoms with Gasteiger partial charge in [-0.15, -0.1) is 24.0 Å². The lowest BCUT2D eigenvalue weighted by Crippen LogP contribution is -2.44. The molecule has 0 aliphatic carbocycles. The van der Waals surface area contributed by atoms with Crippen LogP contribution in [0.3, 0.4) is 0 Å². The van der Waals surface area contributed by atoms with E-state index in [1.54, 1.807) is 14.2 Å². The summed E-state index contributed by atoms with van der Waals surface area (Å²) in [5.41, 5.74) is 0. The highest BCUT2D eigenvalue weighted by atomic mass is 127. The first kappa shape index (κ1) is 22.2. The van der Waals surface area contributed by atoms with Crippen LogP contribution in [0.15, 0.2) is 4.99 Å². The van der Waals surface area contributed by atoms with E-state index in [9.17, 15) is 8.42 Å². The van der Waals surface area contributed by atoms with Gasteiger partial charge in [0.2, 0.25) is 0 Å². The molecule has 0 aromatic heterocycles. The smallest absolute Gasteiger partial charge is 0.191 e. The van der Waals surface area contributed by atoms with Crippen LogP contribution in [0.5, 0.6) is 0 Å². The van der Waals surface area contributed by atoms with E-state index in [1.165, 1.54) is 6.26 Å². The van der Waals surface area contributed by atoms with Crippen LogP contribution >= 0.6 is 24.0 Å². The van der Waals surface area contributed by atoms with Gasteiger partial charge in [-0.3, -0.25) is 4.99 Å². The second-order valence-corrected chi connectivity index (χ2v) is 6.50. The van der Waals surface area contributed by atoms with Gasteiger partial charge in [-0.1, -0.05) is 0 Å². The molecule has 20 heavy (non-hydrogen) atoms. The summed E-state index contributed by atoms with van der Waals surface area (Å²) >= 11 is 0. The molecule has 2 N–H and O–H groups in total. The first-order valence-corrected chi connectivity index (χ1v) is 8.16. The van der Waals surface area contributed by atoms with Gasteiger partial charge in [-0.05, 0) is 6.92 Å². The van der Waals surface area contributed by atoms with Gasteiger partial charge in [0.05, 0.1) is 25.6 Å². The number of ether oxygens (including phenoxy) is 2. The van der Waals surface area contributed by atoms with E-state index in [1.807, 2.05) is 6.92 Å². The Morgan fingerprint density at radius 1 is 1.35 bits per heavy atom. The van der Waals surface area contributed by atoms with Crippen LogP contribution in [0.25, 0.3) is 0 Å². The van der Waals surface area contributed by atoms with E-state index >= 15 is 0 Å². The number of rotatable bonds is 9. The summed E-state index contributed by atoms with van der Waals surface area (Å²) in [6.45, 7) is 3.77. The Morgan fingerprint density at radius 2 is 2.00 bits per heavy atom. The van der Waals surface area contributed by atoms with E-state index in [0.29, 0.717) is 25.7 Å². The summed E-state index contributed by atoms with van der Waals surface area (Å²) in [7, 11) is 0.373. The van der Waals surface area contributed by atoms with Gasteiger partial charge in [-0.25, -0.2) is 8.42 Å². The highest BCUT2D eigenvalue weighted by Crippen LogP contribution is 1.85. The maximum absolute atomic E-state index is 10.9. The molecule has 122 valence electrons. The molecule has 1 unspecified atom stereocenters. The average molecular weight is 423 g/mol. The van der Waals surface area contributed by atoms with Gasteiger partial charge in [0.25, 0.3) is 0 Å². The molecule has 1 atom stereocenters. The van der Waals surface area contributed by atoms with Crippen molar-refractivity contribution in [2.24, 2.45) is 4.99 Å². The molecular weight excluding hydrogens is 397 g/mol. The minimum Gasteiger partial charge on any atom is -0.383 e. The summed E-state index contributed by atoms with van der Waals surface area (Å²) in [6, 6.07) is 0.155. The van der Waals surface area contributed by atoms with Crippen molar-refractivity contribution in [1.29, 1.82) is 0 Å². The summed E-state index contributed by atoms with van der Waals surface area (Å²) in [6.07, 6.45) is 1.19. The summed E-state index contributed by atoms with van der Waals surface area (Å²) < 4.78 is 31.9. The fourth-order valence-electron chi connectivity index (χ4n) is 1.27. The lowest BCUT2D eigenvalue weighted by atomic mass is 10.4. The monoisotopic (exact) mass is 423 g/mol. The van der Waals surface area contributed by atoms with Gasteiger partial charge in [0.1, 0.15) is 9.84 Å². The summed E-state index contributed by atoms with van der Waals surface area (Å²) in [5, 5.41) is 6.21. The Bertz CT molecular complexity index is 363. The van der Waals surface area contributed by atoms with Crippen molar-refractivity contribution in [2.75, 3.05) is 52.5 Å². The Kier molecular flexibility index (Phi) is 14.0. The van der Waals surface area contributed by atoms with Crippen LogP contribution in [0.1, 0.15) is 6.92 Å². The number of sulfone groups is 1. The number of guanidine groups is 1. The molecule has 0 aliphatic heterocycles. The third-order valence-electron chi connectivity index (χ3n) is 2.16. The van der Waals surface area contributed by atoms with Crippen molar-refractivity contribution in [1.82, 2.24) is 10.6 Å². The fraction of sp³-hybridized carbons (Fsp3) is 0.909. The maximum Gasteiger partial charge on any atom is 0.191 e. The van der Waals surface area contributed by atoms with Gasteiger partial charge < -0.3 is 20.1 Å². The Hall–Kier alpha value is -0.130. The van der Waals surface area contributed by atoms with Gasteiger partial charge >= 0.3 is 0 Å². The number of halogens is 1. The fourth-order valence-corrected chi connectivity index (χ4v) is 1.69. The van der Waals surface area contributed by atoms with Crippen molar-refractivity contribution in [3.8, 4) is 0 Å². The lowest BCUT2D eigenvalue weighted by Gasteiger charge is -2.17. The summed E-state index contributed by atoms with van der Waals surface area (Å²) in [5.74, 6) is 0.710. The highest BCUT2D eigenvalue weighted by Gasteiger charge is 2.04. The van der Waals surface area contributed by atoms with Gasteiger partial charge in [0, 0.05) is 33.0 Å². The Morgan fingerprint density at radius 3 is 2.50 bits per heavy atom. The largest absolute Gasteiger partial charge is 0.383 e. The zero-order valence-corrected chi connectivity index (χ0v) is 15.7. The van der Waals surface area contributed by atoms with Crippen molar-refractivity contribution in [2.45, 2.75) is 13.0 Å². The zero-order valence-electron chi connectivity index (χ0n) is 12.5. The standard InChI is InChI=1S/C11H25N3O4S.HI/c1-10(9-17-3)14-11(12-2)13-5-6-18-7-8-19(4,15)16;/h10H,5-9H2,1-4H3,(H2,12,13,14);1H. The molecule has 0 saturated heterocycles. The maximum atomic E-state index is 10.9. The van der Waals surface area contributed by atoms with E-state index in [2.05, 4.69) is 15.6 Å². The molecule has 0 bridgehead atoms. The number of aliphatic imine (C=N–C) groups is 1. The molecule has 9 heteroatoms. The molecule has 0 amide bonds. The second-order valence-electron chi connectivity index (χ2n) is 4.24. The number of nitrogens with zero attached hydrogens (tertiary/aromatic N) is 1. The molecule has 0 aliphatic rings. The third kappa shape index (κ3) is 14.3. The third-order valence-corrected chi connectivity index (χ3v) is 3.07.